The van der Waals surface area contributed by atoms with Crippen molar-refractivity contribution in [2.45, 2.75) is 59.2 Å². The molecule has 0 spiro atoms. The number of aryl methyl sites for hydroxylation is 3. The standard InChI is InChI=1S/C23H33N7.3H2O/c1-15(24)13-29-11-9-19(10-12-29)27-23-28-20-7-5-6-8-22(20)30(23)14-21-18(4)25-16(2)17(3)26-21;;;/h5-8,15,19H,9-14,24H2,1-4H3,(H,27,28);3*1H2. The minimum absolute atomic E-state index is 0. The molecule has 1 unspecified atom stereocenters. The first-order valence-corrected chi connectivity index (χ1v) is 10.9. The predicted octanol–water partition coefficient (Wildman–Crippen LogP) is 0.549. The molecule has 4 rings (SSSR count). The molecule has 10 heteroatoms. The first-order valence-electron chi connectivity index (χ1n) is 10.9. The van der Waals surface area contributed by atoms with E-state index in [0.717, 1.165) is 72.2 Å². The molecule has 1 aliphatic rings. The van der Waals surface area contributed by atoms with E-state index in [1.807, 2.05) is 26.8 Å². The van der Waals surface area contributed by atoms with Crippen molar-refractivity contribution in [3.8, 4) is 0 Å². The lowest BCUT2D eigenvalue weighted by atomic mass is 10.0. The Balaban J connectivity index is 0.00000181. The van der Waals surface area contributed by atoms with Crippen LogP contribution in [0.25, 0.3) is 11.0 Å². The fourth-order valence-electron chi connectivity index (χ4n) is 4.26. The zero-order valence-electron chi connectivity index (χ0n) is 20.0. The normalized spacial score (nSPS) is 15.3. The van der Waals surface area contributed by atoms with E-state index in [1.54, 1.807) is 0 Å². The Morgan fingerprint density at radius 1 is 0.970 bits per heavy atom. The summed E-state index contributed by atoms with van der Waals surface area (Å²) in [6.07, 6.45) is 2.19. The zero-order valence-corrected chi connectivity index (χ0v) is 20.0. The Labute approximate surface area is 195 Å². The van der Waals surface area contributed by atoms with E-state index in [-0.39, 0.29) is 22.5 Å². The predicted molar refractivity (Wildman–Crippen MR) is 133 cm³/mol. The number of para-hydroxylation sites is 2. The van der Waals surface area contributed by atoms with Gasteiger partial charge in [-0.2, -0.15) is 0 Å². The van der Waals surface area contributed by atoms with Crippen LogP contribution in [0.4, 0.5) is 5.95 Å². The van der Waals surface area contributed by atoms with Gasteiger partial charge in [-0.25, -0.2) is 4.98 Å². The van der Waals surface area contributed by atoms with Gasteiger partial charge in [-0.1, -0.05) is 12.1 Å². The van der Waals surface area contributed by atoms with Crippen molar-refractivity contribution in [2.75, 3.05) is 25.0 Å². The second kappa shape index (κ2) is 12.0. The number of hydrogen-bond acceptors (Lipinski definition) is 6. The first kappa shape index (κ1) is 28.4. The maximum atomic E-state index is 5.97. The monoisotopic (exact) mass is 461 g/mol. The van der Waals surface area contributed by atoms with Gasteiger partial charge in [-0.05, 0) is 52.7 Å². The molecule has 0 bridgehead atoms. The Bertz CT molecular complexity index is 1030. The Kier molecular flexibility index (Phi) is 10.3. The minimum Gasteiger partial charge on any atom is -0.412 e. The second-order valence-electron chi connectivity index (χ2n) is 8.63. The molecule has 0 aliphatic carbocycles. The molecule has 3 heterocycles. The molecule has 184 valence electrons. The lowest BCUT2D eigenvalue weighted by Crippen LogP contribution is -2.44. The highest BCUT2D eigenvalue weighted by molar-refractivity contribution is 5.78. The van der Waals surface area contributed by atoms with Gasteiger partial charge in [-0.15, -0.1) is 0 Å². The number of imidazole rings is 1. The lowest BCUT2D eigenvalue weighted by Gasteiger charge is -2.33. The summed E-state index contributed by atoms with van der Waals surface area (Å²) >= 11 is 0. The van der Waals surface area contributed by atoms with E-state index >= 15 is 0 Å². The summed E-state index contributed by atoms with van der Waals surface area (Å²) in [5.41, 5.74) is 12.0. The van der Waals surface area contributed by atoms with Crippen LogP contribution in [-0.2, 0) is 6.54 Å². The van der Waals surface area contributed by atoms with Gasteiger partial charge in [-0.3, -0.25) is 9.97 Å². The van der Waals surface area contributed by atoms with Gasteiger partial charge in [0.15, 0.2) is 0 Å². The highest BCUT2D eigenvalue weighted by atomic mass is 16.0. The number of aromatic nitrogens is 4. The average molecular weight is 462 g/mol. The number of anilines is 1. The van der Waals surface area contributed by atoms with E-state index in [4.69, 9.17) is 15.7 Å². The molecule has 3 aromatic rings. The summed E-state index contributed by atoms with van der Waals surface area (Å²) in [4.78, 5) is 16.9. The molecule has 1 atom stereocenters. The van der Waals surface area contributed by atoms with Crippen LogP contribution < -0.4 is 11.1 Å². The smallest absolute Gasteiger partial charge is 0.204 e. The number of fused-ring (bicyclic) bond motifs is 1. The highest BCUT2D eigenvalue weighted by Crippen LogP contribution is 2.24. The number of piperidine rings is 1. The molecule has 33 heavy (non-hydrogen) atoms. The molecule has 1 aromatic carbocycles. The molecule has 0 radical (unpaired) electrons. The Morgan fingerprint density at radius 3 is 2.27 bits per heavy atom. The quantitative estimate of drug-likeness (QED) is 0.540. The number of nitrogens with zero attached hydrogens (tertiary/aromatic N) is 5. The van der Waals surface area contributed by atoms with Crippen molar-refractivity contribution in [1.82, 2.24) is 24.4 Å². The van der Waals surface area contributed by atoms with E-state index in [0.29, 0.717) is 12.6 Å². The summed E-state index contributed by atoms with van der Waals surface area (Å²) in [6.45, 7) is 11.9. The maximum absolute atomic E-state index is 5.97. The molecule has 9 N–H and O–H groups in total. The first-order chi connectivity index (χ1) is 14.4. The molecular weight excluding hydrogens is 422 g/mol. The summed E-state index contributed by atoms with van der Waals surface area (Å²) in [6, 6.07) is 8.94. The number of hydrogen-bond donors (Lipinski definition) is 2. The van der Waals surface area contributed by atoms with E-state index in [2.05, 4.69) is 44.9 Å². The van der Waals surface area contributed by atoms with Gasteiger partial charge in [0.05, 0.1) is 40.4 Å². The van der Waals surface area contributed by atoms with Gasteiger partial charge in [0, 0.05) is 31.7 Å². The minimum atomic E-state index is 0. The number of likely N-dealkylation sites (tertiary alicyclic amines) is 1. The molecule has 10 nitrogen and oxygen atoms in total. The van der Waals surface area contributed by atoms with Crippen molar-refractivity contribution in [3.63, 3.8) is 0 Å². The van der Waals surface area contributed by atoms with Crippen LogP contribution in [0.2, 0.25) is 0 Å². The van der Waals surface area contributed by atoms with Crippen LogP contribution in [0.15, 0.2) is 24.3 Å². The third-order valence-corrected chi connectivity index (χ3v) is 6.01. The molecule has 0 amide bonds. The van der Waals surface area contributed by atoms with Crippen LogP contribution >= 0.6 is 0 Å². The highest BCUT2D eigenvalue weighted by Gasteiger charge is 2.22. The Morgan fingerprint density at radius 2 is 1.61 bits per heavy atom. The summed E-state index contributed by atoms with van der Waals surface area (Å²) in [7, 11) is 0. The molecular formula is C23H39N7O3. The van der Waals surface area contributed by atoms with Gasteiger partial charge in [0.2, 0.25) is 5.95 Å². The van der Waals surface area contributed by atoms with Crippen molar-refractivity contribution in [2.24, 2.45) is 5.73 Å². The molecule has 2 aromatic heterocycles. The SMILES string of the molecule is Cc1nc(C)c(Cn2c(NC3CCN(CC(C)N)CC3)nc3ccccc32)nc1C.O.O.O. The maximum Gasteiger partial charge on any atom is 0.204 e. The summed E-state index contributed by atoms with van der Waals surface area (Å²) in [5.74, 6) is 0.918. The molecule has 1 saturated heterocycles. The molecule has 1 aliphatic heterocycles. The summed E-state index contributed by atoms with van der Waals surface area (Å²) < 4.78 is 2.25. The Hall–Kier alpha value is -2.63. The van der Waals surface area contributed by atoms with Crippen LogP contribution in [0.3, 0.4) is 0 Å². The van der Waals surface area contributed by atoms with Crippen LogP contribution in [0.5, 0.6) is 0 Å². The largest absolute Gasteiger partial charge is 0.412 e. The average Bonchev–Trinajstić information content (AvgIpc) is 3.04. The summed E-state index contributed by atoms with van der Waals surface area (Å²) in [5, 5.41) is 3.72. The molecule has 1 fully saturated rings. The third-order valence-electron chi connectivity index (χ3n) is 6.01. The fraction of sp³-hybridized carbons (Fsp3) is 0.522. The fourth-order valence-corrected chi connectivity index (χ4v) is 4.26. The van der Waals surface area contributed by atoms with E-state index in [9.17, 15) is 0 Å². The number of rotatable bonds is 6. The second-order valence-corrected chi connectivity index (χ2v) is 8.63. The van der Waals surface area contributed by atoms with Gasteiger partial charge >= 0.3 is 0 Å². The van der Waals surface area contributed by atoms with Crippen molar-refractivity contribution < 1.29 is 16.4 Å². The van der Waals surface area contributed by atoms with Gasteiger partial charge in [0.25, 0.3) is 0 Å². The number of nitrogens with two attached hydrogens (primary N) is 1. The van der Waals surface area contributed by atoms with Crippen molar-refractivity contribution in [3.05, 3.63) is 47.0 Å². The third kappa shape index (κ3) is 6.46. The zero-order chi connectivity index (χ0) is 21.3. The number of nitrogens with one attached hydrogen (secondary N) is 1. The van der Waals surface area contributed by atoms with E-state index < -0.39 is 0 Å². The molecule has 0 saturated carbocycles. The van der Waals surface area contributed by atoms with Crippen LogP contribution in [0.1, 0.15) is 42.5 Å². The van der Waals surface area contributed by atoms with Crippen molar-refractivity contribution in [1.29, 1.82) is 0 Å². The van der Waals surface area contributed by atoms with Gasteiger partial charge < -0.3 is 36.9 Å². The topological polar surface area (TPSA) is 179 Å². The van der Waals surface area contributed by atoms with Crippen LogP contribution in [-0.4, -0.2) is 72.6 Å². The van der Waals surface area contributed by atoms with E-state index in [1.165, 1.54) is 0 Å². The van der Waals surface area contributed by atoms with Crippen molar-refractivity contribution >= 4 is 17.0 Å². The number of benzene rings is 1. The van der Waals surface area contributed by atoms with Crippen LogP contribution in [0, 0.1) is 20.8 Å². The van der Waals surface area contributed by atoms with Gasteiger partial charge in [0.1, 0.15) is 0 Å². The lowest BCUT2D eigenvalue weighted by molar-refractivity contribution is 0.210.